The van der Waals surface area contributed by atoms with E-state index in [1.165, 1.54) is 4.88 Å². The van der Waals surface area contributed by atoms with Crippen LogP contribution in [0.25, 0.3) is 0 Å². The third-order valence-corrected chi connectivity index (χ3v) is 4.06. The Morgan fingerprint density at radius 2 is 2.55 bits per heavy atom. The summed E-state index contributed by atoms with van der Waals surface area (Å²) in [6, 6.07) is 4.12. The molecule has 0 saturated carbocycles. The molecule has 1 fully saturated rings. The lowest BCUT2D eigenvalue weighted by Gasteiger charge is -2.24. The number of amides is 1. The molecule has 1 aromatic heterocycles. The van der Waals surface area contributed by atoms with Crippen molar-refractivity contribution >= 4 is 17.2 Å². The molecule has 1 saturated heterocycles. The first-order valence-corrected chi connectivity index (χ1v) is 7.72. The van der Waals surface area contributed by atoms with Gasteiger partial charge in [0.05, 0.1) is 19.2 Å². The van der Waals surface area contributed by atoms with E-state index in [2.05, 4.69) is 27.6 Å². The number of terminal acetylenes is 1. The number of hydrogen-bond donors (Lipinski definition) is 1. The van der Waals surface area contributed by atoms with Gasteiger partial charge in [0.1, 0.15) is 0 Å². The maximum atomic E-state index is 11.8. The highest BCUT2D eigenvalue weighted by Gasteiger charge is 2.21. The van der Waals surface area contributed by atoms with Gasteiger partial charge in [0.2, 0.25) is 5.91 Å². The smallest absolute Gasteiger partial charge is 0.234 e. The maximum absolute atomic E-state index is 11.8. The molecule has 2 rings (SSSR count). The maximum Gasteiger partial charge on any atom is 0.234 e. The molecule has 1 atom stereocenters. The van der Waals surface area contributed by atoms with Crippen LogP contribution in [0.1, 0.15) is 17.7 Å². The minimum Gasteiger partial charge on any atom is -0.377 e. The third kappa shape index (κ3) is 4.97. The van der Waals surface area contributed by atoms with Crippen molar-refractivity contribution in [3.8, 4) is 12.3 Å². The van der Waals surface area contributed by atoms with Crippen LogP contribution in [0.4, 0.5) is 0 Å². The van der Waals surface area contributed by atoms with Crippen molar-refractivity contribution in [2.24, 2.45) is 0 Å². The van der Waals surface area contributed by atoms with E-state index in [9.17, 15) is 4.79 Å². The summed E-state index contributed by atoms with van der Waals surface area (Å²) < 4.78 is 5.66. The van der Waals surface area contributed by atoms with E-state index in [0.29, 0.717) is 6.54 Å². The van der Waals surface area contributed by atoms with E-state index < -0.39 is 0 Å². The second-order valence-electron chi connectivity index (χ2n) is 4.86. The highest BCUT2D eigenvalue weighted by atomic mass is 32.1. The Labute approximate surface area is 124 Å². The molecule has 1 aromatic rings. The van der Waals surface area contributed by atoms with Crippen LogP contribution in [0.5, 0.6) is 0 Å². The molecule has 0 radical (unpaired) electrons. The van der Waals surface area contributed by atoms with Crippen LogP contribution in [-0.4, -0.2) is 43.2 Å². The number of carbonyl (C=O) groups is 1. The Kier molecular flexibility index (Phi) is 6.06. The summed E-state index contributed by atoms with van der Waals surface area (Å²) in [7, 11) is 0. The monoisotopic (exact) mass is 292 g/mol. The SMILES string of the molecule is C#CCNC(=O)CN(Cc1cccs1)C[C@H]1CCCO1. The lowest BCUT2D eigenvalue weighted by Crippen LogP contribution is -2.40. The standard InChI is InChI=1S/C15H20N2O2S/c1-2-7-16-15(18)12-17(10-13-5-3-8-19-13)11-14-6-4-9-20-14/h1,4,6,9,13H,3,5,7-8,10-12H2,(H,16,18)/t13-/m1/s1. The molecule has 1 aliphatic heterocycles. The van der Waals surface area contributed by atoms with Crippen LogP contribution in [0.15, 0.2) is 17.5 Å². The number of carbonyl (C=O) groups excluding carboxylic acids is 1. The quantitative estimate of drug-likeness (QED) is 0.774. The summed E-state index contributed by atoms with van der Waals surface area (Å²) in [6.07, 6.45) is 7.59. The summed E-state index contributed by atoms with van der Waals surface area (Å²) in [5.74, 6) is 2.39. The van der Waals surface area contributed by atoms with Gasteiger partial charge in [0.15, 0.2) is 0 Å². The van der Waals surface area contributed by atoms with Crippen molar-refractivity contribution in [3.63, 3.8) is 0 Å². The average Bonchev–Trinajstić information content (AvgIpc) is 3.09. The van der Waals surface area contributed by atoms with Crippen molar-refractivity contribution in [2.45, 2.75) is 25.5 Å². The van der Waals surface area contributed by atoms with Gasteiger partial charge in [0, 0.05) is 24.6 Å². The molecule has 5 heteroatoms. The largest absolute Gasteiger partial charge is 0.377 e. The molecule has 0 bridgehead atoms. The summed E-state index contributed by atoms with van der Waals surface area (Å²) in [6.45, 7) is 3.05. The first-order valence-electron chi connectivity index (χ1n) is 6.84. The zero-order chi connectivity index (χ0) is 14.2. The summed E-state index contributed by atoms with van der Waals surface area (Å²) in [5, 5.41) is 4.77. The van der Waals surface area contributed by atoms with Crippen molar-refractivity contribution < 1.29 is 9.53 Å². The van der Waals surface area contributed by atoms with E-state index in [1.54, 1.807) is 11.3 Å². The topological polar surface area (TPSA) is 41.6 Å². The molecule has 0 spiro atoms. The Hall–Kier alpha value is -1.35. The molecule has 1 aliphatic rings. The van der Waals surface area contributed by atoms with Gasteiger partial charge in [-0.25, -0.2) is 0 Å². The van der Waals surface area contributed by atoms with E-state index in [4.69, 9.17) is 11.2 Å². The summed E-state index contributed by atoms with van der Waals surface area (Å²) in [5.41, 5.74) is 0. The molecular formula is C15H20N2O2S. The van der Waals surface area contributed by atoms with Crippen LogP contribution in [-0.2, 0) is 16.1 Å². The minimum absolute atomic E-state index is 0.0301. The molecule has 0 aromatic carbocycles. The number of hydrogen-bond acceptors (Lipinski definition) is 4. The minimum atomic E-state index is -0.0301. The van der Waals surface area contributed by atoms with Gasteiger partial charge in [-0.3, -0.25) is 9.69 Å². The highest BCUT2D eigenvalue weighted by Crippen LogP contribution is 2.16. The van der Waals surface area contributed by atoms with Crippen molar-refractivity contribution in [1.82, 2.24) is 10.2 Å². The van der Waals surface area contributed by atoms with Crippen molar-refractivity contribution in [3.05, 3.63) is 22.4 Å². The van der Waals surface area contributed by atoms with E-state index in [1.807, 2.05) is 6.07 Å². The lowest BCUT2D eigenvalue weighted by molar-refractivity contribution is -0.122. The molecule has 20 heavy (non-hydrogen) atoms. The fourth-order valence-electron chi connectivity index (χ4n) is 2.29. The first-order chi connectivity index (χ1) is 9.78. The van der Waals surface area contributed by atoms with Crippen molar-refractivity contribution in [2.75, 3.05) is 26.2 Å². The predicted molar refractivity (Wildman–Crippen MR) is 80.4 cm³/mol. The van der Waals surface area contributed by atoms with Gasteiger partial charge in [-0.05, 0) is 24.3 Å². The van der Waals surface area contributed by atoms with Crippen molar-refractivity contribution in [1.29, 1.82) is 0 Å². The predicted octanol–water partition coefficient (Wildman–Crippen LogP) is 1.48. The Morgan fingerprint density at radius 1 is 1.65 bits per heavy atom. The molecule has 108 valence electrons. The third-order valence-electron chi connectivity index (χ3n) is 3.20. The molecule has 4 nitrogen and oxygen atoms in total. The fraction of sp³-hybridized carbons (Fsp3) is 0.533. The molecule has 1 N–H and O–H groups in total. The number of nitrogens with one attached hydrogen (secondary N) is 1. The second-order valence-corrected chi connectivity index (χ2v) is 5.90. The van der Waals surface area contributed by atoms with Gasteiger partial charge in [-0.1, -0.05) is 12.0 Å². The summed E-state index contributed by atoms with van der Waals surface area (Å²) in [4.78, 5) is 15.2. The lowest BCUT2D eigenvalue weighted by atomic mass is 10.2. The van der Waals surface area contributed by atoms with Gasteiger partial charge < -0.3 is 10.1 Å². The highest BCUT2D eigenvalue weighted by molar-refractivity contribution is 7.09. The van der Waals surface area contributed by atoms with Gasteiger partial charge >= 0.3 is 0 Å². The zero-order valence-corrected chi connectivity index (χ0v) is 12.3. The Morgan fingerprint density at radius 3 is 3.20 bits per heavy atom. The van der Waals surface area contributed by atoms with Gasteiger partial charge in [0.25, 0.3) is 0 Å². The summed E-state index contributed by atoms with van der Waals surface area (Å²) >= 11 is 1.71. The normalized spacial score (nSPS) is 18.1. The number of thiophene rings is 1. The number of rotatable bonds is 7. The van der Waals surface area contributed by atoms with Gasteiger partial charge in [-0.2, -0.15) is 0 Å². The average molecular weight is 292 g/mol. The van der Waals surface area contributed by atoms with Crippen LogP contribution in [0.3, 0.4) is 0 Å². The fourth-order valence-corrected chi connectivity index (χ4v) is 3.04. The van der Waals surface area contributed by atoms with E-state index >= 15 is 0 Å². The zero-order valence-electron chi connectivity index (χ0n) is 11.5. The van der Waals surface area contributed by atoms with Crippen LogP contribution >= 0.6 is 11.3 Å². The molecular weight excluding hydrogens is 272 g/mol. The van der Waals surface area contributed by atoms with Gasteiger partial charge in [-0.15, -0.1) is 17.8 Å². The Balaban J connectivity index is 1.88. The second kappa shape index (κ2) is 8.05. The van der Waals surface area contributed by atoms with Crippen LogP contribution in [0.2, 0.25) is 0 Å². The number of ether oxygens (including phenoxy) is 1. The molecule has 1 amide bonds. The van der Waals surface area contributed by atoms with E-state index in [0.717, 1.165) is 32.5 Å². The van der Waals surface area contributed by atoms with E-state index in [-0.39, 0.29) is 18.6 Å². The molecule has 0 aliphatic carbocycles. The van der Waals surface area contributed by atoms with Crippen LogP contribution in [0, 0.1) is 12.3 Å². The van der Waals surface area contributed by atoms with Crippen LogP contribution < -0.4 is 5.32 Å². The number of nitrogens with zero attached hydrogens (tertiary/aromatic N) is 1. The molecule has 0 unspecified atom stereocenters. The Bertz CT molecular complexity index is 447. The molecule has 2 heterocycles. The first kappa shape index (κ1) is 15.0.